The third-order valence-electron chi connectivity index (χ3n) is 3.29. The van der Waals surface area contributed by atoms with Gasteiger partial charge in [0.2, 0.25) is 0 Å². The van der Waals surface area contributed by atoms with Crippen LogP contribution in [0.5, 0.6) is 0 Å². The van der Waals surface area contributed by atoms with Crippen LogP contribution in [0, 0.1) is 0 Å². The molecule has 3 heteroatoms. The van der Waals surface area contributed by atoms with Gasteiger partial charge in [0.15, 0.2) is 0 Å². The summed E-state index contributed by atoms with van der Waals surface area (Å²) in [5, 5.41) is 7.05. The minimum absolute atomic E-state index is 0.587. The van der Waals surface area contributed by atoms with E-state index in [1.165, 1.54) is 10.8 Å². The van der Waals surface area contributed by atoms with Gasteiger partial charge in [0.1, 0.15) is 0 Å². The van der Waals surface area contributed by atoms with Gasteiger partial charge < -0.3 is 5.32 Å². The smallest absolute Gasteiger partial charge is 0.0642 e. The number of nitrogens with one attached hydrogen (secondary N) is 1. The second-order valence-corrected chi connectivity index (χ2v) is 5.38. The third-order valence-corrected chi connectivity index (χ3v) is 4.15. The van der Waals surface area contributed by atoms with Gasteiger partial charge in [-0.05, 0) is 23.1 Å². The van der Waals surface area contributed by atoms with Crippen molar-refractivity contribution in [2.75, 3.05) is 5.32 Å². The fraction of sp³-hybridized carbons (Fsp3) is 0.0588. The number of hydrogen-bond acceptors (Lipinski definition) is 1. The van der Waals surface area contributed by atoms with Crippen LogP contribution in [0.15, 0.2) is 60.7 Å². The van der Waals surface area contributed by atoms with Crippen LogP contribution in [0.4, 0.5) is 5.69 Å². The summed E-state index contributed by atoms with van der Waals surface area (Å²) in [6.07, 6.45) is 0. The topological polar surface area (TPSA) is 12.0 Å². The van der Waals surface area contributed by atoms with Crippen molar-refractivity contribution >= 4 is 39.7 Å². The summed E-state index contributed by atoms with van der Waals surface area (Å²) in [5.41, 5.74) is 2.09. The van der Waals surface area contributed by atoms with Crippen LogP contribution in [-0.4, -0.2) is 0 Å². The van der Waals surface area contributed by atoms with Crippen molar-refractivity contribution in [3.05, 3.63) is 76.3 Å². The first-order valence-electron chi connectivity index (χ1n) is 6.40. The van der Waals surface area contributed by atoms with Gasteiger partial charge in [-0.3, -0.25) is 0 Å². The zero-order chi connectivity index (χ0) is 13.9. The van der Waals surface area contributed by atoms with E-state index in [0.29, 0.717) is 16.6 Å². The Labute approximate surface area is 128 Å². The second-order valence-electron chi connectivity index (χ2n) is 4.59. The molecule has 1 nitrogen and oxygen atoms in total. The van der Waals surface area contributed by atoms with E-state index < -0.39 is 0 Å². The molecule has 0 radical (unpaired) electrons. The number of fused-ring (bicyclic) bond motifs is 1. The Kier molecular flexibility index (Phi) is 3.81. The fourth-order valence-corrected chi connectivity index (χ4v) is 2.64. The van der Waals surface area contributed by atoms with Crippen LogP contribution in [0.25, 0.3) is 10.8 Å². The normalized spacial score (nSPS) is 10.7. The molecule has 0 unspecified atom stereocenters. The van der Waals surface area contributed by atoms with E-state index in [1.54, 1.807) is 6.07 Å². The first-order valence-corrected chi connectivity index (χ1v) is 7.16. The largest absolute Gasteiger partial charge is 0.380 e. The van der Waals surface area contributed by atoms with Crippen molar-refractivity contribution in [1.82, 2.24) is 0 Å². The van der Waals surface area contributed by atoms with Crippen molar-refractivity contribution in [2.45, 2.75) is 6.54 Å². The molecule has 0 bridgehead atoms. The summed E-state index contributed by atoms with van der Waals surface area (Å²) in [4.78, 5) is 0. The molecule has 0 fully saturated rings. The first kappa shape index (κ1) is 13.3. The highest BCUT2D eigenvalue weighted by molar-refractivity contribution is 6.42. The van der Waals surface area contributed by atoms with Crippen LogP contribution < -0.4 is 5.32 Å². The summed E-state index contributed by atoms with van der Waals surface area (Å²) in [5.74, 6) is 0. The maximum absolute atomic E-state index is 6.21. The van der Waals surface area contributed by atoms with E-state index in [0.717, 1.165) is 11.3 Å². The van der Waals surface area contributed by atoms with Crippen LogP contribution in [0.1, 0.15) is 5.56 Å². The third kappa shape index (κ3) is 2.60. The molecule has 0 heterocycles. The molecule has 0 spiro atoms. The molecule has 0 aliphatic heterocycles. The Morgan fingerprint density at radius 1 is 0.800 bits per heavy atom. The highest BCUT2D eigenvalue weighted by Crippen LogP contribution is 2.28. The average molecular weight is 302 g/mol. The standard InChI is InChI=1S/C17H13Cl2N/c18-15-9-3-7-13(17(15)19)11-20-16-10-4-6-12-5-1-2-8-14(12)16/h1-10,20H,11H2. The zero-order valence-corrected chi connectivity index (χ0v) is 12.2. The average Bonchev–Trinajstić information content (AvgIpc) is 2.49. The highest BCUT2D eigenvalue weighted by atomic mass is 35.5. The van der Waals surface area contributed by atoms with E-state index in [-0.39, 0.29) is 0 Å². The second kappa shape index (κ2) is 5.74. The quantitative estimate of drug-likeness (QED) is 0.648. The van der Waals surface area contributed by atoms with Gasteiger partial charge in [-0.25, -0.2) is 0 Å². The predicted molar refractivity (Wildman–Crippen MR) is 87.7 cm³/mol. The molecule has 3 aromatic rings. The van der Waals surface area contributed by atoms with Crippen molar-refractivity contribution in [3.63, 3.8) is 0 Å². The Morgan fingerprint density at radius 3 is 2.45 bits per heavy atom. The van der Waals surface area contributed by atoms with Gasteiger partial charge in [0.05, 0.1) is 10.0 Å². The summed E-state index contributed by atoms with van der Waals surface area (Å²) >= 11 is 12.2. The molecule has 3 rings (SSSR count). The molecule has 0 saturated carbocycles. The highest BCUT2D eigenvalue weighted by Gasteiger charge is 2.05. The Bertz CT molecular complexity index is 748. The Hall–Kier alpha value is -1.70. The molecule has 100 valence electrons. The summed E-state index contributed by atoms with van der Waals surface area (Å²) < 4.78 is 0. The lowest BCUT2D eigenvalue weighted by molar-refractivity contribution is 1.15. The fourth-order valence-electron chi connectivity index (χ4n) is 2.25. The number of rotatable bonds is 3. The number of hydrogen-bond donors (Lipinski definition) is 1. The first-order chi connectivity index (χ1) is 9.75. The van der Waals surface area contributed by atoms with Crippen molar-refractivity contribution < 1.29 is 0 Å². The van der Waals surface area contributed by atoms with Gasteiger partial charge in [-0.1, -0.05) is 71.7 Å². The van der Waals surface area contributed by atoms with Crippen molar-refractivity contribution in [3.8, 4) is 0 Å². The van der Waals surface area contributed by atoms with E-state index >= 15 is 0 Å². The summed E-state index contributed by atoms with van der Waals surface area (Å²) in [7, 11) is 0. The SMILES string of the molecule is Clc1cccc(CNc2cccc3ccccc23)c1Cl. The molecule has 0 amide bonds. The molecule has 0 aliphatic rings. The van der Waals surface area contributed by atoms with Crippen LogP contribution in [-0.2, 0) is 6.54 Å². The molecule has 1 N–H and O–H groups in total. The lowest BCUT2D eigenvalue weighted by Gasteiger charge is -2.11. The molecular weight excluding hydrogens is 289 g/mol. The lowest BCUT2D eigenvalue weighted by atomic mass is 10.1. The van der Waals surface area contributed by atoms with Gasteiger partial charge >= 0.3 is 0 Å². The molecule has 0 aromatic heterocycles. The van der Waals surface area contributed by atoms with Crippen LogP contribution >= 0.6 is 23.2 Å². The molecule has 0 aliphatic carbocycles. The predicted octanol–water partition coefficient (Wildman–Crippen LogP) is 5.76. The van der Waals surface area contributed by atoms with Crippen LogP contribution in [0.3, 0.4) is 0 Å². The molecule has 3 aromatic carbocycles. The number of halogens is 2. The summed E-state index contributed by atoms with van der Waals surface area (Å²) in [6.45, 7) is 0.646. The van der Waals surface area contributed by atoms with E-state index in [4.69, 9.17) is 23.2 Å². The number of benzene rings is 3. The lowest BCUT2D eigenvalue weighted by Crippen LogP contribution is -2.00. The van der Waals surface area contributed by atoms with E-state index in [1.807, 2.05) is 30.3 Å². The molecular formula is C17H13Cl2N. The van der Waals surface area contributed by atoms with Gasteiger partial charge in [0, 0.05) is 17.6 Å². The summed E-state index contributed by atoms with van der Waals surface area (Å²) in [6, 6.07) is 20.2. The Balaban J connectivity index is 1.89. The van der Waals surface area contributed by atoms with E-state index in [2.05, 4.69) is 29.6 Å². The molecule has 0 saturated heterocycles. The molecule has 0 atom stereocenters. The maximum atomic E-state index is 6.21. The Morgan fingerprint density at radius 2 is 1.55 bits per heavy atom. The molecule has 20 heavy (non-hydrogen) atoms. The number of anilines is 1. The maximum Gasteiger partial charge on any atom is 0.0642 e. The van der Waals surface area contributed by atoms with Gasteiger partial charge in [-0.2, -0.15) is 0 Å². The van der Waals surface area contributed by atoms with Gasteiger partial charge in [-0.15, -0.1) is 0 Å². The zero-order valence-electron chi connectivity index (χ0n) is 10.7. The van der Waals surface area contributed by atoms with Gasteiger partial charge in [0.25, 0.3) is 0 Å². The van der Waals surface area contributed by atoms with Crippen LogP contribution in [0.2, 0.25) is 10.0 Å². The van der Waals surface area contributed by atoms with E-state index in [9.17, 15) is 0 Å². The van der Waals surface area contributed by atoms with Crippen molar-refractivity contribution in [2.24, 2.45) is 0 Å². The minimum Gasteiger partial charge on any atom is -0.380 e. The monoisotopic (exact) mass is 301 g/mol. The minimum atomic E-state index is 0.587. The van der Waals surface area contributed by atoms with Crippen molar-refractivity contribution in [1.29, 1.82) is 0 Å².